The Morgan fingerprint density at radius 1 is 0.791 bits per heavy atom. The molecule has 2 aromatic carbocycles. The molecule has 1 saturated heterocycles. The van der Waals surface area contributed by atoms with Gasteiger partial charge in [0.2, 0.25) is 0 Å². The second-order valence-electron chi connectivity index (χ2n) is 15.5. The van der Waals surface area contributed by atoms with Gasteiger partial charge in [0.15, 0.2) is 8.32 Å². The monoisotopic (exact) mass is 627 g/mol. The lowest BCUT2D eigenvalue weighted by Gasteiger charge is -2.44. The fourth-order valence-electron chi connectivity index (χ4n) is 5.53. The van der Waals surface area contributed by atoms with Crippen LogP contribution in [0.4, 0.5) is 4.79 Å². The zero-order valence-electron chi connectivity index (χ0n) is 28.7. The fourth-order valence-corrected chi connectivity index (χ4v) is 11.2. The molecule has 1 aliphatic heterocycles. The molecule has 240 valence electrons. The van der Waals surface area contributed by atoms with Crippen molar-refractivity contribution in [2.24, 2.45) is 0 Å². The van der Waals surface area contributed by atoms with Crippen molar-refractivity contribution in [3.05, 3.63) is 60.7 Å². The minimum absolute atomic E-state index is 0.0758. The number of likely N-dealkylation sites (tertiary alicyclic amines) is 1. The van der Waals surface area contributed by atoms with Crippen molar-refractivity contribution in [1.29, 1.82) is 0 Å². The summed E-state index contributed by atoms with van der Waals surface area (Å²) in [7, 11) is -4.54. The van der Waals surface area contributed by atoms with E-state index in [9.17, 15) is 4.79 Å². The highest BCUT2D eigenvalue weighted by Gasteiger charge is 2.51. The van der Waals surface area contributed by atoms with Crippen LogP contribution >= 0.6 is 0 Å². The molecule has 6 nitrogen and oxygen atoms in total. The number of benzene rings is 2. The van der Waals surface area contributed by atoms with Crippen molar-refractivity contribution >= 4 is 33.1 Å². The first-order chi connectivity index (χ1) is 19.9. The van der Waals surface area contributed by atoms with Gasteiger partial charge in [-0.2, -0.15) is 0 Å². The van der Waals surface area contributed by atoms with Crippen LogP contribution in [0.15, 0.2) is 60.7 Å². The topological polar surface area (TPSA) is 57.2 Å². The smallest absolute Gasteiger partial charge is 0.410 e. The molecule has 0 spiro atoms. The molecule has 1 heterocycles. The maximum atomic E-state index is 13.4. The summed E-state index contributed by atoms with van der Waals surface area (Å²) in [5.74, 6) is 0. The predicted octanol–water partition coefficient (Wildman–Crippen LogP) is 7.37. The Morgan fingerprint density at radius 3 is 1.79 bits per heavy atom. The van der Waals surface area contributed by atoms with Crippen molar-refractivity contribution < 1.29 is 23.1 Å². The fraction of sp³-hybridized carbons (Fsp3) is 0.629. The summed E-state index contributed by atoms with van der Waals surface area (Å²) in [6.07, 6.45) is 1.16. The number of nitrogens with zero attached hydrogens (tertiary/aromatic N) is 1. The van der Waals surface area contributed by atoms with Crippen LogP contribution in [0, 0.1) is 0 Å². The highest BCUT2D eigenvalue weighted by molar-refractivity contribution is 6.99. The molecule has 0 unspecified atom stereocenters. The van der Waals surface area contributed by atoms with Gasteiger partial charge in [-0.15, -0.1) is 0 Å². The van der Waals surface area contributed by atoms with Gasteiger partial charge < -0.3 is 23.2 Å². The first-order valence-electron chi connectivity index (χ1n) is 15.9. The molecule has 2 atom stereocenters. The van der Waals surface area contributed by atoms with E-state index in [1.54, 1.807) is 0 Å². The molecule has 1 aliphatic rings. The molecule has 0 saturated carbocycles. The van der Waals surface area contributed by atoms with E-state index in [0.29, 0.717) is 32.8 Å². The Kier molecular flexibility index (Phi) is 11.5. The van der Waals surface area contributed by atoms with Gasteiger partial charge in [-0.25, -0.2) is 4.79 Å². The summed E-state index contributed by atoms with van der Waals surface area (Å²) in [4.78, 5) is 15.3. The largest absolute Gasteiger partial charge is 0.444 e. The van der Waals surface area contributed by atoms with Gasteiger partial charge >= 0.3 is 6.09 Å². The predicted molar refractivity (Wildman–Crippen MR) is 182 cm³/mol. The van der Waals surface area contributed by atoms with Crippen LogP contribution in [-0.2, 0) is 18.3 Å². The lowest BCUT2D eigenvalue weighted by molar-refractivity contribution is 0.0132. The summed E-state index contributed by atoms with van der Waals surface area (Å²) in [6.45, 7) is 26.1. The molecule has 1 fully saturated rings. The zero-order chi connectivity index (χ0) is 32.1. The summed E-state index contributed by atoms with van der Waals surface area (Å²) in [6, 6.07) is 21.1. The van der Waals surface area contributed by atoms with E-state index in [-0.39, 0.29) is 28.3 Å². The SMILES string of the molecule is CC(C)(C)OC(=O)N1C[C@@H](OCCCO[Si](C)(C)C(C)(C)C)C[C@H]1CO[Si](c1ccccc1)(c1ccccc1)C(C)(C)C. The van der Waals surface area contributed by atoms with Gasteiger partial charge in [-0.3, -0.25) is 0 Å². The summed E-state index contributed by atoms with van der Waals surface area (Å²) in [5, 5.41) is 2.49. The number of carbonyl (C=O) groups is 1. The van der Waals surface area contributed by atoms with Crippen molar-refractivity contribution in [2.75, 3.05) is 26.4 Å². The third-order valence-electron chi connectivity index (χ3n) is 8.82. The Hall–Kier alpha value is -1.98. The quantitative estimate of drug-likeness (QED) is 0.192. The van der Waals surface area contributed by atoms with Crippen LogP contribution in [-0.4, -0.2) is 71.7 Å². The van der Waals surface area contributed by atoms with E-state index < -0.39 is 22.2 Å². The van der Waals surface area contributed by atoms with Crippen LogP contribution in [0.2, 0.25) is 23.2 Å². The molecule has 1 amide bonds. The first kappa shape index (κ1) is 35.5. The summed E-state index contributed by atoms with van der Waals surface area (Å²) < 4.78 is 25.8. The molecular formula is C35H57NO5Si2. The molecule has 43 heavy (non-hydrogen) atoms. The maximum absolute atomic E-state index is 13.4. The Balaban J connectivity index is 1.80. The Labute approximate surface area is 263 Å². The van der Waals surface area contributed by atoms with Gasteiger partial charge in [0.05, 0.1) is 25.3 Å². The number of hydrogen-bond donors (Lipinski definition) is 0. The lowest BCUT2D eigenvalue weighted by Crippen LogP contribution is -2.67. The molecule has 3 rings (SSSR count). The van der Waals surface area contributed by atoms with Crippen molar-refractivity contribution in [1.82, 2.24) is 4.90 Å². The van der Waals surface area contributed by atoms with E-state index in [1.807, 2.05) is 25.7 Å². The highest BCUT2D eigenvalue weighted by atomic mass is 28.4. The number of hydrogen-bond acceptors (Lipinski definition) is 5. The third kappa shape index (κ3) is 9.04. The molecule has 0 bridgehead atoms. The van der Waals surface area contributed by atoms with Crippen molar-refractivity contribution in [3.8, 4) is 0 Å². The average molecular weight is 628 g/mol. The van der Waals surface area contributed by atoms with E-state index in [2.05, 4.69) is 115 Å². The van der Waals surface area contributed by atoms with E-state index in [0.717, 1.165) is 6.42 Å². The molecule has 0 radical (unpaired) electrons. The summed E-state index contributed by atoms with van der Waals surface area (Å²) >= 11 is 0. The Morgan fingerprint density at radius 2 is 1.33 bits per heavy atom. The number of rotatable bonds is 11. The van der Waals surface area contributed by atoms with Gasteiger partial charge in [-0.05, 0) is 67.2 Å². The second kappa shape index (κ2) is 14.0. The molecule has 8 heteroatoms. The van der Waals surface area contributed by atoms with E-state index >= 15 is 0 Å². The molecule has 0 aromatic heterocycles. The van der Waals surface area contributed by atoms with Crippen LogP contribution in [0.3, 0.4) is 0 Å². The highest BCUT2D eigenvalue weighted by Crippen LogP contribution is 2.38. The lowest BCUT2D eigenvalue weighted by atomic mass is 10.2. The van der Waals surface area contributed by atoms with Crippen LogP contribution in [0.25, 0.3) is 0 Å². The second-order valence-corrected chi connectivity index (χ2v) is 24.6. The normalized spacial score (nSPS) is 18.6. The van der Waals surface area contributed by atoms with Gasteiger partial charge in [0.25, 0.3) is 8.32 Å². The van der Waals surface area contributed by atoms with Crippen LogP contribution in [0.5, 0.6) is 0 Å². The van der Waals surface area contributed by atoms with E-state index in [4.69, 9.17) is 18.3 Å². The van der Waals surface area contributed by atoms with Gasteiger partial charge in [-0.1, -0.05) is 102 Å². The third-order valence-corrected chi connectivity index (χ3v) is 18.4. The van der Waals surface area contributed by atoms with Crippen molar-refractivity contribution in [2.45, 2.75) is 116 Å². The maximum Gasteiger partial charge on any atom is 0.410 e. The number of ether oxygens (including phenoxy) is 2. The summed E-state index contributed by atoms with van der Waals surface area (Å²) in [5.41, 5.74) is -0.583. The number of carbonyl (C=O) groups excluding carboxylic acids is 1. The molecule has 2 aromatic rings. The van der Waals surface area contributed by atoms with Gasteiger partial charge in [0.1, 0.15) is 5.60 Å². The van der Waals surface area contributed by atoms with Crippen molar-refractivity contribution in [3.63, 3.8) is 0 Å². The van der Waals surface area contributed by atoms with Crippen LogP contribution < -0.4 is 10.4 Å². The molecule has 0 N–H and O–H groups in total. The molecular weight excluding hydrogens is 571 g/mol. The van der Waals surface area contributed by atoms with Crippen LogP contribution in [0.1, 0.15) is 75.2 Å². The zero-order valence-corrected chi connectivity index (χ0v) is 30.7. The minimum atomic E-state index is -2.75. The Bertz CT molecular complexity index is 1110. The number of amides is 1. The molecule has 0 aliphatic carbocycles. The minimum Gasteiger partial charge on any atom is -0.444 e. The standard InChI is InChI=1S/C35H57NO5Si2/c1-33(2,3)41-32(37)36-26-29(38-23-18-24-39-42(10,11)34(4,5)6)25-28(36)27-40-43(35(7,8)9,30-19-14-12-15-20-30)31-21-16-13-17-22-31/h12-17,19-22,28-29H,18,23-27H2,1-11H3/t28-,29-/m0/s1. The van der Waals surface area contributed by atoms with Gasteiger partial charge in [0, 0.05) is 13.2 Å². The van der Waals surface area contributed by atoms with E-state index in [1.165, 1.54) is 10.4 Å². The average Bonchev–Trinajstić information content (AvgIpc) is 3.31. The first-order valence-corrected chi connectivity index (χ1v) is 20.7.